The topological polar surface area (TPSA) is 518 Å². The summed E-state index contributed by atoms with van der Waals surface area (Å²) < 4.78 is 44.8. The maximum atomic E-state index is 16.3. The van der Waals surface area contributed by atoms with Crippen LogP contribution in [0.15, 0.2) is 133 Å². The second-order valence-corrected chi connectivity index (χ2v) is 31.2. The van der Waals surface area contributed by atoms with Gasteiger partial charge in [-0.3, -0.25) is 38.4 Å². The number of carbonyl (C=O) groups is 8. The number of primary amides is 1. The third-order valence-corrected chi connectivity index (χ3v) is 21.9. The highest BCUT2D eigenvalue weighted by Crippen LogP contribution is 2.50. The molecule has 2 saturated heterocycles. The Morgan fingerprint density at radius 1 is 0.681 bits per heavy atom. The average molecular weight is 1690 g/mol. The summed E-state index contributed by atoms with van der Waals surface area (Å²) in [6, 6.07) is 18.0. The van der Waals surface area contributed by atoms with E-state index in [4.69, 9.17) is 62.1 Å². The van der Waals surface area contributed by atoms with E-state index in [0.717, 1.165) is 71.3 Å². The SMILES string of the molecule is CN[C@H](CC(C)C)C(=O)N[C@H]1C(=O)N[C@@H](CC(N)=O)C(=O)N[C@H]2C(=O)N[C@H]3C(=O)N[C@H](C(=O)N[C@H](C(=O)NCCCOC)c4cc(O)cc(O)c4-c4cc3ccc4O)[C@H](O)c3ccc(c(Cl)c3)Oc3cc2cc(c3O[C@@H]2O[C@H](CO)[C@@H](O)[C@H](O)[C@H]2O[C@H]2C[C@](C)(NCc3ccc(-c4ccccc4)cc3)[C@@H](O)[C@H](C)O2)Oc2ccc(cc2Cl)[C@H]1O. The summed E-state index contributed by atoms with van der Waals surface area (Å²) in [6.07, 6.45) is -18.2. The van der Waals surface area contributed by atoms with Crippen molar-refractivity contribution in [3.8, 4) is 68.2 Å². The van der Waals surface area contributed by atoms with E-state index in [1.165, 1.54) is 38.4 Å². The lowest BCUT2D eigenvalue weighted by molar-refractivity contribution is -0.334. The van der Waals surface area contributed by atoms with Crippen molar-refractivity contribution in [3.05, 3.63) is 177 Å². The minimum atomic E-state index is -2.35. The summed E-state index contributed by atoms with van der Waals surface area (Å²) in [4.78, 5) is 120. The Labute approximate surface area is 692 Å². The summed E-state index contributed by atoms with van der Waals surface area (Å²) in [6.45, 7) is 6.33. The van der Waals surface area contributed by atoms with Gasteiger partial charge in [0, 0.05) is 56.0 Å². The number of fused-ring (bicyclic) bond motifs is 15. The van der Waals surface area contributed by atoms with E-state index in [9.17, 15) is 60.3 Å². The molecule has 11 bridgehead atoms. The third-order valence-electron chi connectivity index (χ3n) is 21.3. The Hall–Kier alpha value is -10.8. The lowest BCUT2D eigenvalue weighted by Gasteiger charge is -2.48. The first-order valence-electron chi connectivity index (χ1n) is 38.3. The van der Waals surface area contributed by atoms with Crippen LogP contribution in [0, 0.1) is 5.92 Å². The Morgan fingerprint density at radius 2 is 1.31 bits per heavy atom. The van der Waals surface area contributed by atoms with Crippen LogP contribution in [0.25, 0.3) is 22.3 Å². The predicted octanol–water partition coefficient (Wildman–Crippen LogP) is 3.67. The van der Waals surface area contributed by atoms with Crippen LogP contribution < -0.4 is 67.8 Å². The summed E-state index contributed by atoms with van der Waals surface area (Å²) in [5.74, 6) is -14.6. The van der Waals surface area contributed by atoms with Gasteiger partial charge in [-0.2, -0.15) is 0 Å². The molecule has 0 radical (unpaired) electrons. The van der Waals surface area contributed by atoms with Crippen LogP contribution in [-0.2, 0) is 63.8 Å². The monoisotopic (exact) mass is 1680 g/mol. The molecule has 7 aliphatic heterocycles. The van der Waals surface area contributed by atoms with Crippen molar-refractivity contribution in [2.24, 2.45) is 11.7 Å². The zero-order valence-electron chi connectivity index (χ0n) is 65.2. The van der Waals surface area contributed by atoms with Crippen LogP contribution in [-0.4, -0.2) is 206 Å². The van der Waals surface area contributed by atoms with Gasteiger partial charge >= 0.3 is 0 Å². The molecule has 0 saturated carbocycles. The van der Waals surface area contributed by atoms with Crippen LogP contribution in [0.4, 0.5) is 0 Å². The minimum Gasteiger partial charge on any atom is -0.508 e. The highest BCUT2D eigenvalue weighted by Gasteiger charge is 2.52. The second-order valence-electron chi connectivity index (χ2n) is 30.3. The van der Waals surface area contributed by atoms with E-state index in [1.807, 2.05) is 68.4 Å². The first-order chi connectivity index (χ1) is 56.7. The van der Waals surface area contributed by atoms with Gasteiger partial charge in [-0.1, -0.05) is 110 Å². The van der Waals surface area contributed by atoms with E-state index >= 15 is 24.0 Å². The number of phenolic OH excluding ortho intramolecular Hbond substituents is 3. The first kappa shape index (κ1) is 87.5. The molecule has 18 atom stereocenters. The van der Waals surface area contributed by atoms with Gasteiger partial charge < -0.3 is 133 Å². The number of aromatic hydroxyl groups is 3. The molecule has 0 aliphatic carbocycles. The number of hydrogen-bond acceptors (Lipinski definition) is 26. The molecule has 7 aliphatic rings. The molecule has 0 spiro atoms. The molecular weight excluding hydrogens is 1590 g/mol. The normalized spacial score (nSPS) is 26.7. The van der Waals surface area contributed by atoms with Crippen molar-refractivity contribution in [1.82, 2.24) is 47.9 Å². The number of aliphatic hydroxyl groups excluding tert-OH is 6. The van der Waals surface area contributed by atoms with Crippen molar-refractivity contribution in [3.63, 3.8) is 0 Å². The second kappa shape index (κ2) is 37.7. The number of methoxy groups -OCH3 is 1. The number of rotatable bonds is 21. The largest absolute Gasteiger partial charge is 0.508 e. The number of nitrogens with one attached hydrogen (secondary N) is 9. The Bertz CT molecular complexity index is 4940. The molecule has 0 unspecified atom stereocenters. The number of benzene rings is 7. The van der Waals surface area contributed by atoms with Gasteiger partial charge in [0.1, 0.15) is 95.5 Å². The van der Waals surface area contributed by atoms with Gasteiger partial charge in [0.2, 0.25) is 59.3 Å². The van der Waals surface area contributed by atoms with Gasteiger partial charge in [0.15, 0.2) is 23.9 Å². The number of hydrogen-bond donors (Lipinski definition) is 19. The highest BCUT2D eigenvalue weighted by atomic mass is 35.5. The van der Waals surface area contributed by atoms with E-state index in [1.54, 1.807) is 13.8 Å². The number of likely N-dealkylation sites (N-methyl/N-ethyl adjacent to an activating group) is 1. The minimum absolute atomic E-state index is 0.0685. The molecule has 20 N–H and O–H groups in total. The molecule has 0 aromatic heterocycles. The summed E-state index contributed by atoms with van der Waals surface area (Å²) in [5.41, 5.74) is 5.09. The molecule has 7 aromatic rings. The summed E-state index contributed by atoms with van der Waals surface area (Å²) >= 11 is 14.4. The predicted molar refractivity (Wildman–Crippen MR) is 426 cm³/mol. The average Bonchev–Trinajstić information content (AvgIpc) is 0.755. The van der Waals surface area contributed by atoms with Crippen molar-refractivity contribution >= 4 is 70.5 Å². The van der Waals surface area contributed by atoms with E-state index in [2.05, 4.69) is 47.9 Å². The maximum Gasteiger partial charge on any atom is 0.248 e. The highest BCUT2D eigenvalue weighted by molar-refractivity contribution is 6.32. The molecule has 34 nitrogen and oxygen atoms in total. The Kier molecular flexibility index (Phi) is 27.7. The molecule has 7 heterocycles. The van der Waals surface area contributed by atoms with Crippen molar-refractivity contribution in [2.45, 2.75) is 169 Å². The zero-order valence-corrected chi connectivity index (χ0v) is 66.7. The summed E-state index contributed by atoms with van der Waals surface area (Å²) in [7, 11) is 2.91. The molecule has 634 valence electrons. The number of carbonyl (C=O) groups excluding carboxylic acids is 8. The fourth-order valence-corrected chi connectivity index (χ4v) is 15.4. The van der Waals surface area contributed by atoms with Crippen molar-refractivity contribution < 1.29 is 117 Å². The number of halogens is 2. The molecule has 36 heteroatoms. The lowest BCUT2D eigenvalue weighted by atomic mass is 9.84. The van der Waals surface area contributed by atoms with Crippen LogP contribution in [0.5, 0.6) is 46.0 Å². The van der Waals surface area contributed by atoms with Gasteiger partial charge in [0.05, 0.1) is 41.3 Å². The van der Waals surface area contributed by atoms with Crippen LogP contribution >= 0.6 is 23.2 Å². The van der Waals surface area contributed by atoms with Gasteiger partial charge in [-0.25, -0.2) is 0 Å². The molecule has 8 amide bonds. The lowest BCUT2D eigenvalue weighted by Crippen LogP contribution is -2.65. The summed E-state index contributed by atoms with van der Waals surface area (Å²) in [5, 5.41) is 130. The number of amides is 8. The first-order valence-corrected chi connectivity index (χ1v) is 39.1. The molecule has 2 fully saturated rings. The number of nitrogens with two attached hydrogens (primary N) is 1. The fraction of sp³-hybridized carbons (Fsp3) is 0.398. The zero-order chi connectivity index (χ0) is 85.6. The van der Waals surface area contributed by atoms with Gasteiger partial charge in [0.25, 0.3) is 0 Å². The van der Waals surface area contributed by atoms with Crippen LogP contribution in [0.3, 0.4) is 0 Å². The van der Waals surface area contributed by atoms with Crippen molar-refractivity contribution in [2.75, 3.05) is 33.9 Å². The van der Waals surface area contributed by atoms with Crippen LogP contribution in [0.2, 0.25) is 10.0 Å². The van der Waals surface area contributed by atoms with Gasteiger partial charge in [-0.15, -0.1) is 0 Å². The van der Waals surface area contributed by atoms with E-state index < -0.39 is 220 Å². The number of ether oxygens (including phenoxy) is 7. The Morgan fingerprint density at radius 3 is 1.94 bits per heavy atom. The molecule has 7 aromatic carbocycles. The number of aliphatic hydroxyl groups is 6. The fourth-order valence-electron chi connectivity index (χ4n) is 14.9. The Balaban J connectivity index is 1.04. The smallest absolute Gasteiger partial charge is 0.248 e. The molecular formula is C83H94Cl2N10O24. The maximum absolute atomic E-state index is 16.3. The van der Waals surface area contributed by atoms with Gasteiger partial charge in [-0.05, 0) is 139 Å². The standard InChI is InChI=1S/C83H94Cl2N10O24/c1-37(2)25-51(87-5)75(106)94-66-68(101)43-18-21-55(49(84)27-43)115-57-29-45-30-58(72(57)119-82-73(71(104)70(103)59(36-96)117-82)118-61-34-83(4,74(105)38(3)114-61)89-35-39-13-15-41(16-14-39)40-11-8-7-9-12-40)116-56-22-19-44(28-50(56)85)69(102)67-81(112)93-65(77(108)88-23-10-24-113-6)48-31-46(97)32-54(99)62(48)47-26-42(17-20-53(47)98)63(78(109)95-67)92-79(110)64(45)91-76(107)52(33-60(86)100)90-80(66)111/h7-9,11-22,26-32,37-38,51-52,59,61,63-71,73-74,82,87,89,96-99,101-105H,10,23-25,33-36H2,1-6H3,(H2,86,100)(H,88,108)(H,90,111)(H,91,107)(H,92,110)(H,93,112)(H,94,106)(H,95,109)/t38-,51+,52-,59+,61-,63+,64+,65-,66+,67-,68+,69+,70+,71-,73+,74-,82-,83-/m0/s1. The van der Waals surface area contributed by atoms with Crippen molar-refractivity contribution in [1.29, 1.82) is 0 Å². The van der Waals surface area contributed by atoms with E-state index in [-0.39, 0.29) is 89.2 Å². The quantitative estimate of drug-likeness (QED) is 0.0456. The van der Waals surface area contributed by atoms with E-state index in [0.29, 0.717) is 0 Å². The third kappa shape index (κ3) is 19.7. The molecule has 119 heavy (non-hydrogen) atoms. The number of phenols is 3. The van der Waals surface area contributed by atoms with Crippen LogP contribution in [0.1, 0.15) is 117 Å². The molecule has 14 rings (SSSR count).